The summed E-state index contributed by atoms with van der Waals surface area (Å²) < 4.78 is 10.9. The van der Waals surface area contributed by atoms with Crippen molar-refractivity contribution in [1.82, 2.24) is 9.80 Å². The number of benzene rings is 1. The van der Waals surface area contributed by atoms with Crippen LogP contribution in [0, 0.1) is 0 Å². The summed E-state index contributed by atoms with van der Waals surface area (Å²) in [6.45, 7) is 9.18. The van der Waals surface area contributed by atoms with Crippen molar-refractivity contribution >= 4 is 5.91 Å². The van der Waals surface area contributed by atoms with E-state index in [0.29, 0.717) is 12.6 Å². The number of ether oxygens (including phenoxy) is 2. The van der Waals surface area contributed by atoms with E-state index in [2.05, 4.69) is 11.8 Å². The predicted octanol–water partition coefficient (Wildman–Crippen LogP) is 2.41. The second kappa shape index (κ2) is 7.99. The van der Waals surface area contributed by atoms with Gasteiger partial charge >= 0.3 is 0 Å². The van der Waals surface area contributed by atoms with Gasteiger partial charge in [0.25, 0.3) is 5.91 Å². The second-order valence-electron chi connectivity index (χ2n) is 6.64. The Kier molecular flexibility index (Phi) is 5.74. The summed E-state index contributed by atoms with van der Waals surface area (Å²) in [6.07, 6.45) is 2.22. The topological polar surface area (TPSA) is 42.0 Å². The first-order valence-electron chi connectivity index (χ1n) is 9.04. The molecule has 1 aromatic carbocycles. The molecule has 0 spiro atoms. The first-order valence-corrected chi connectivity index (χ1v) is 9.04. The van der Waals surface area contributed by atoms with Gasteiger partial charge in [0.2, 0.25) is 0 Å². The van der Waals surface area contributed by atoms with Gasteiger partial charge in [-0.3, -0.25) is 9.69 Å². The normalized spacial score (nSPS) is 23.2. The highest BCUT2D eigenvalue weighted by atomic mass is 16.5. The largest absolute Gasteiger partial charge is 0.494 e. The molecular formula is C19H28N2O3. The average Bonchev–Trinajstić information content (AvgIpc) is 2.63. The van der Waals surface area contributed by atoms with E-state index < -0.39 is 0 Å². The zero-order valence-electron chi connectivity index (χ0n) is 14.7. The molecule has 0 saturated carbocycles. The van der Waals surface area contributed by atoms with Crippen LogP contribution in [-0.2, 0) is 4.74 Å². The molecule has 5 nitrogen and oxygen atoms in total. The van der Waals surface area contributed by atoms with Crippen molar-refractivity contribution in [3.05, 3.63) is 29.8 Å². The molecule has 0 aliphatic carbocycles. The van der Waals surface area contributed by atoms with E-state index in [1.165, 1.54) is 0 Å². The summed E-state index contributed by atoms with van der Waals surface area (Å²) in [6, 6.07) is 8.33. The van der Waals surface area contributed by atoms with Crippen LogP contribution in [0.15, 0.2) is 24.3 Å². The highest BCUT2D eigenvalue weighted by Gasteiger charge is 2.31. The molecular weight excluding hydrogens is 304 g/mol. The zero-order chi connectivity index (χ0) is 16.9. The lowest BCUT2D eigenvalue weighted by molar-refractivity contribution is 0.000712. The van der Waals surface area contributed by atoms with Gasteiger partial charge in [0.15, 0.2) is 0 Å². The molecule has 24 heavy (non-hydrogen) atoms. The van der Waals surface area contributed by atoms with E-state index in [-0.39, 0.29) is 11.9 Å². The van der Waals surface area contributed by atoms with Gasteiger partial charge < -0.3 is 14.4 Å². The van der Waals surface area contributed by atoms with E-state index in [1.807, 2.05) is 36.1 Å². The molecule has 0 bridgehead atoms. The third-order valence-corrected chi connectivity index (χ3v) is 5.04. The van der Waals surface area contributed by atoms with Crippen molar-refractivity contribution < 1.29 is 14.3 Å². The van der Waals surface area contributed by atoms with E-state index >= 15 is 0 Å². The van der Waals surface area contributed by atoms with Crippen molar-refractivity contribution in [1.29, 1.82) is 0 Å². The summed E-state index contributed by atoms with van der Waals surface area (Å²) in [5.41, 5.74) is 0.741. The highest BCUT2D eigenvalue weighted by molar-refractivity contribution is 5.94. The predicted molar refractivity (Wildman–Crippen MR) is 93.5 cm³/mol. The molecule has 3 rings (SSSR count). The number of rotatable bonds is 4. The Bertz CT molecular complexity index is 540. The molecule has 1 amide bonds. The molecule has 0 unspecified atom stereocenters. The van der Waals surface area contributed by atoms with Crippen LogP contribution in [0.1, 0.15) is 37.0 Å². The Morgan fingerprint density at radius 2 is 1.92 bits per heavy atom. The third kappa shape index (κ3) is 3.90. The standard InChI is InChI=1S/C19H28N2O3/c1-3-24-18-6-4-16(5-7-18)19(22)21-11-10-20(14-15(21)2)17-8-12-23-13-9-17/h4-7,15,17H,3,8-14H2,1-2H3/t15-/m1/s1. The minimum Gasteiger partial charge on any atom is -0.494 e. The second-order valence-corrected chi connectivity index (χ2v) is 6.64. The minimum atomic E-state index is 0.122. The van der Waals surface area contributed by atoms with Crippen molar-refractivity contribution in [2.45, 2.75) is 38.8 Å². The number of hydrogen-bond donors (Lipinski definition) is 0. The lowest BCUT2D eigenvalue weighted by atomic mass is 10.0. The fourth-order valence-electron chi connectivity index (χ4n) is 3.70. The number of hydrogen-bond acceptors (Lipinski definition) is 4. The number of carbonyl (C=O) groups excluding carboxylic acids is 1. The number of amides is 1. The maximum absolute atomic E-state index is 12.8. The van der Waals surface area contributed by atoms with Gasteiger partial charge in [0, 0.05) is 50.5 Å². The Morgan fingerprint density at radius 1 is 1.21 bits per heavy atom. The molecule has 2 fully saturated rings. The van der Waals surface area contributed by atoms with Gasteiger partial charge in [-0.2, -0.15) is 0 Å². The summed E-state index contributed by atoms with van der Waals surface area (Å²) >= 11 is 0. The van der Waals surface area contributed by atoms with Crippen molar-refractivity contribution in [3.8, 4) is 5.75 Å². The van der Waals surface area contributed by atoms with Crippen LogP contribution in [-0.4, -0.2) is 67.2 Å². The van der Waals surface area contributed by atoms with Gasteiger partial charge in [-0.15, -0.1) is 0 Å². The van der Waals surface area contributed by atoms with E-state index in [1.54, 1.807) is 0 Å². The third-order valence-electron chi connectivity index (χ3n) is 5.04. The first-order chi connectivity index (χ1) is 11.7. The molecule has 2 saturated heterocycles. The van der Waals surface area contributed by atoms with E-state index in [4.69, 9.17) is 9.47 Å². The molecule has 1 atom stereocenters. The van der Waals surface area contributed by atoms with Crippen LogP contribution < -0.4 is 4.74 Å². The van der Waals surface area contributed by atoms with Crippen LogP contribution in [0.3, 0.4) is 0 Å². The van der Waals surface area contributed by atoms with E-state index in [9.17, 15) is 4.79 Å². The lowest BCUT2D eigenvalue weighted by Crippen LogP contribution is -2.57. The van der Waals surface area contributed by atoms with Gasteiger partial charge in [-0.25, -0.2) is 0 Å². The first kappa shape index (κ1) is 17.2. The highest BCUT2D eigenvalue weighted by Crippen LogP contribution is 2.21. The SMILES string of the molecule is CCOc1ccc(C(=O)N2CCN(C3CCOCC3)C[C@H]2C)cc1. The Morgan fingerprint density at radius 3 is 2.54 bits per heavy atom. The Labute approximate surface area is 144 Å². The smallest absolute Gasteiger partial charge is 0.254 e. The maximum Gasteiger partial charge on any atom is 0.254 e. The van der Waals surface area contributed by atoms with Crippen LogP contribution >= 0.6 is 0 Å². The molecule has 5 heteroatoms. The quantitative estimate of drug-likeness (QED) is 0.849. The number of carbonyl (C=O) groups is 1. The molecule has 2 aliphatic heterocycles. The van der Waals surface area contributed by atoms with Gasteiger partial charge in [0.1, 0.15) is 5.75 Å². The van der Waals surface area contributed by atoms with Crippen LogP contribution in [0.25, 0.3) is 0 Å². The maximum atomic E-state index is 12.8. The average molecular weight is 332 g/mol. The van der Waals surface area contributed by atoms with Crippen molar-refractivity contribution in [3.63, 3.8) is 0 Å². The summed E-state index contributed by atoms with van der Waals surface area (Å²) in [4.78, 5) is 17.4. The van der Waals surface area contributed by atoms with Crippen molar-refractivity contribution in [2.24, 2.45) is 0 Å². The van der Waals surface area contributed by atoms with Gasteiger partial charge in [-0.1, -0.05) is 0 Å². The lowest BCUT2D eigenvalue weighted by Gasteiger charge is -2.44. The molecule has 2 aliphatic rings. The minimum absolute atomic E-state index is 0.122. The van der Waals surface area contributed by atoms with Crippen LogP contribution in [0.2, 0.25) is 0 Å². The Hall–Kier alpha value is -1.59. The monoisotopic (exact) mass is 332 g/mol. The molecule has 0 aromatic heterocycles. The fraction of sp³-hybridized carbons (Fsp3) is 0.632. The van der Waals surface area contributed by atoms with Crippen molar-refractivity contribution in [2.75, 3.05) is 39.5 Å². The number of piperazine rings is 1. The molecule has 0 radical (unpaired) electrons. The summed E-state index contributed by atoms with van der Waals surface area (Å²) in [7, 11) is 0. The zero-order valence-corrected chi connectivity index (χ0v) is 14.7. The number of nitrogens with zero attached hydrogens (tertiary/aromatic N) is 2. The molecule has 132 valence electrons. The van der Waals surface area contributed by atoms with Crippen LogP contribution in [0.4, 0.5) is 0 Å². The van der Waals surface area contributed by atoms with Gasteiger partial charge in [0.05, 0.1) is 6.61 Å². The van der Waals surface area contributed by atoms with E-state index in [0.717, 1.165) is 57.0 Å². The fourth-order valence-corrected chi connectivity index (χ4v) is 3.70. The summed E-state index contributed by atoms with van der Waals surface area (Å²) in [5.74, 6) is 0.934. The molecule has 2 heterocycles. The Balaban J connectivity index is 1.59. The molecule has 1 aromatic rings. The summed E-state index contributed by atoms with van der Waals surface area (Å²) in [5, 5.41) is 0. The molecule has 0 N–H and O–H groups in total. The van der Waals surface area contributed by atoms with Crippen LogP contribution in [0.5, 0.6) is 5.75 Å². The van der Waals surface area contributed by atoms with Gasteiger partial charge in [-0.05, 0) is 51.0 Å².